The lowest BCUT2D eigenvalue weighted by Gasteiger charge is -2.09. The first-order chi connectivity index (χ1) is 11.7. The van der Waals surface area contributed by atoms with Crippen LogP contribution in [0.15, 0.2) is 59.1 Å². The van der Waals surface area contributed by atoms with E-state index in [1.165, 1.54) is 22.2 Å². The van der Waals surface area contributed by atoms with Gasteiger partial charge in [-0.25, -0.2) is 4.98 Å². The van der Waals surface area contributed by atoms with Crippen molar-refractivity contribution < 1.29 is 4.79 Å². The van der Waals surface area contributed by atoms with Crippen LogP contribution in [0.3, 0.4) is 0 Å². The molecule has 0 atom stereocenters. The Kier molecular flexibility index (Phi) is 3.55. The zero-order valence-corrected chi connectivity index (χ0v) is 13.3. The van der Waals surface area contributed by atoms with Gasteiger partial charge < -0.3 is 5.32 Å². The van der Waals surface area contributed by atoms with Gasteiger partial charge in [0.25, 0.3) is 5.56 Å². The molecule has 0 spiro atoms. The van der Waals surface area contributed by atoms with Crippen LogP contribution in [-0.2, 0) is 11.3 Å². The van der Waals surface area contributed by atoms with E-state index in [1.807, 2.05) is 29.6 Å². The van der Waals surface area contributed by atoms with Gasteiger partial charge in [0.15, 0.2) is 0 Å². The van der Waals surface area contributed by atoms with Gasteiger partial charge in [-0.05, 0) is 23.6 Å². The smallest absolute Gasteiger partial charge is 0.262 e. The average molecular weight is 336 g/mol. The molecule has 0 unspecified atom stereocenters. The number of carbonyl (C=O) groups is 1. The molecule has 4 rings (SSSR count). The molecule has 118 valence electrons. The molecular weight excluding hydrogens is 324 g/mol. The van der Waals surface area contributed by atoms with Crippen molar-refractivity contribution in [2.24, 2.45) is 0 Å². The van der Waals surface area contributed by atoms with E-state index in [0.29, 0.717) is 21.4 Å². The van der Waals surface area contributed by atoms with Crippen LogP contribution >= 0.6 is 11.3 Å². The summed E-state index contributed by atoms with van der Waals surface area (Å²) in [5.74, 6) is -0.299. The Balaban J connectivity index is 1.62. The van der Waals surface area contributed by atoms with Gasteiger partial charge in [0.1, 0.15) is 11.4 Å². The fourth-order valence-electron chi connectivity index (χ4n) is 2.56. The number of nitrogens with zero attached hydrogens (tertiary/aromatic N) is 3. The molecule has 6 nitrogen and oxygen atoms in total. The van der Waals surface area contributed by atoms with Gasteiger partial charge in [-0.2, -0.15) is 0 Å². The summed E-state index contributed by atoms with van der Waals surface area (Å²) in [5.41, 5.74) is 1.12. The van der Waals surface area contributed by atoms with Gasteiger partial charge in [0.05, 0.1) is 22.9 Å². The van der Waals surface area contributed by atoms with Crippen molar-refractivity contribution in [1.82, 2.24) is 14.5 Å². The number of fused-ring (bicyclic) bond motifs is 2. The quantitative estimate of drug-likeness (QED) is 0.624. The standard InChI is InChI=1S/C17H12N4O2S/c22-14(9-21-10-19-16-12(17(21)23)6-8-24-16)20-13-5-1-3-11-4-2-7-18-15(11)13/h1-8,10H,9H2,(H,20,22). The van der Waals surface area contributed by atoms with E-state index < -0.39 is 0 Å². The lowest BCUT2D eigenvalue weighted by molar-refractivity contribution is -0.116. The molecule has 0 bridgehead atoms. The average Bonchev–Trinajstić information content (AvgIpc) is 3.07. The van der Waals surface area contributed by atoms with Crippen LogP contribution in [0.25, 0.3) is 21.1 Å². The number of carbonyl (C=O) groups excluding carboxylic acids is 1. The largest absolute Gasteiger partial charge is 0.323 e. The lowest BCUT2D eigenvalue weighted by atomic mass is 10.2. The number of pyridine rings is 1. The van der Waals surface area contributed by atoms with Gasteiger partial charge >= 0.3 is 0 Å². The summed E-state index contributed by atoms with van der Waals surface area (Å²) >= 11 is 1.40. The Labute approximate surface area is 140 Å². The van der Waals surface area contributed by atoms with E-state index in [0.717, 1.165) is 5.39 Å². The molecule has 24 heavy (non-hydrogen) atoms. The summed E-state index contributed by atoms with van der Waals surface area (Å²) in [4.78, 5) is 33.8. The normalized spacial score (nSPS) is 11.0. The summed E-state index contributed by atoms with van der Waals surface area (Å²) in [6.07, 6.45) is 3.08. The first-order valence-electron chi connectivity index (χ1n) is 7.28. The van der Waals surface area contributed by atoms with Crippen LogP contribution < -0.4 is 10.9 Å². The highest BCUT2D eigenvalue weighted by molar-refractivity contribution is 7.16. The van der Waals surface area contributed by atoms with E-state index in [4.69, 9.17) is 0 Å². The summed E-state index contributed by atoms with van der Waals surface area (Å²) in [7, 11) is 0. The number of nitrogens with one attached hydrogen (secondary N) is 1. The van der Waals surface area contributed by atoms with E-state index in [1.54, 1.807) is 18.3 Å². The molecule has 0 fully saturated rings. The van der Waals surface area contributed by atoms with E-state index in [-0.39, 0.29) is 18.0 Å². The third-order valence-electron chi connectivity index (χ3n) is 3.67. The second-order valence-electron chi connectivity index (χ2n) is 5.25. The van der Waals surface area contributed by atoms with E-state index in [2.05, 4.69) is 15.3 Å². The number of benzene rings is 1. The number of aromatic nitrogens is 3. The number of hydrogen-bond acceptors (Lipinski definition) is 5. The topological polar surface area (TPSA) is 76.9 Å². The number of rotatable bonds is 3. The maximum Gasteiger partial charge on any atom is 0.262 e. The molecule has 3 aromatic heterocycles. The minimum Gasteiger partial charge on any atom is -0.323 e. The Hall–Kier alpha value is -3.06. The van der Waals surface area contributed by atoms with E-state index >= 15 is 0 Å². The number of thiophene rings is 1. The molecule has 0 aliphatic rings. The van der Waals surface area contributed by atoms with Gasteiger partial charge in [-0.15, -0.1) is 11.3 Å². The number of hydrogen-bond donors (Lipinski definition) is 1. The van der Waals surface area contributed by atoms with Crippen LogP contribution in [0.4, 0.5) is 5.69 Å². The molecule has 1 amide bonds. The van der Waals surface area contributed by atoms with Crippen LogP contribution in [0, 0.1) is 0 Å². The Morgan fingerprint density at radius 2 is 2.04 bits per heavy atom. The maximum atomic E-state index is 12.3. The lowest BCUT2D eigenvalue weighted by Crippen LogP contribution is -2.27. The van der Waals surface area contributed by atoms with E-state index in [9.17, 15) is 9.59 Å². The van der Waals surface area contributed by atoms with Crippen molar-refractivity contribution in [3.05, 3.63) is 64.7 Å². The predicted octanol–water partition coefficient (Wildman–Crippen LogP) is 2.64. The molecule has 4 aromatic rings. The molecule has 7 heteroatoms. The molecule has 1 N–H and O–H groups in total. The molecule has 0 saturated carbocycles. The fraction of sp³-hybridized carbons (Fsp3) is 0.0588. The fourth-order valence-corrected chi connectivity index (χ4v) is 3.28. The summed E-state index contributed by atoms with van der Waals surface area (Å²) in [6, 6.07) is 11.1. The summed E-state index contributed by atoms with van der Waals surface area (Å²) in [6.45, 7) is -0.0964. The maximum absolute atomic E-state index is 12.3. The Morgan fingerprint density at radius 1 is 1.17 bits per heavy atom. The zero-order valence-electron chi connectivity index (χ0n) is 12.5. The van der Waals surface area contributed by atoms with Crippen molar-refractivity contribution >= 4 is 44.1 Å². The Morgan fingerprint density at radius 3 is 2.96 bits per heavy atom. The van der Waals surface area contributed by atoms with Crippen molar-refractivity contribution in [2.45, 2.75) is 6.54 Å². The summed E-state index contributed by atoms with van der Waals surface area (Å²) in [5, 5.41) is 6.10. The molecule has 0 aliphatic heterocycles. The van der Waals surface area contributed by atoms with Crippen LogP contribution in [0.5, 0.6) is 0 Å². The highest BCUT2D eigenvalue weighted by atomic mass is 32.1. The van der Waals surface area contributed by atoms with Crippen molar-refractivity contribution in [2.75, 3.05) is 5.32 Å². The SMILES string of the molecule is O=C(Cn1cnc2sccc2c1=O)Nc1cccc2cccnc12. The molecule has 0 saturated heterocycles. The molecule has 0 radical (unpaired) electrons. The number of amides is 1. The minimum absolute atomic E-state index is 0.0964. The first-order valence-corrected chi connectivity index (χ1v) is 8.16. The molecular formula is C17H12N4O2S. The van der Waals surface area contributed by atoms with Gasteiger partial charge in [0, 0.05) is 11.6 Å². The monoisotopic (exact) mass is 336 g/mol. The number of anilines is 1. The molecule has 3 heterocycles. The highest BCUT2D eigenvalue weighted by Gasteiger charge is 2.10. The molecule has 1 aromatic carbocycles. The third kappa shape index (κ3) is 2.55. The van der Waals surface area contributed by atoms with Crippen molar-refractivity contribution in [3.63, 3.8) is 0 Å². The van der Waals surface area contributed by atoms with Crippen molar-refractivity contribution in [3.8, 4) is 0 Å². The van der Waals surface area contributed by atoms with Crippen molar-refractivity contribution in [1.29, 1.82) is 0 Å². The number of para-hydroxylation sites is 1. The Bertz CT molecular complexity index is 1110. The predicted molar refractivity (Wildman–Crippen MR) is 94.3 cm³/mol. The van der Waals surface area contributed by atoms with Crippen LogP contribution in [0.1, 0.15) is 0 Å². The minimum atomic E-state index is -0.299. The highest BCUT2D eigenvalue weighted by Crippen LogP contribution is 2.20. The van der Waals surface area contributed by atoms with Gasteiger partial charge in [-0.1, -0.05) is 18.2 Å². The molecule has 0 aliphatic carbocycles. The first kappa shape index (κ1) is 14.5. The van der Waals surface area contributed by atoms with Crippen LogP contribution in [0.2, 0.25) is 0 Å². The third-order valence-corrected chi connectivity index (χ3v) is 4.49. The van der Waals surface area contributed by atoms with Gasteiger partial charge in [-0.3, -0.25) is 19.1 Å². The summed E-state index contributed by atoms with van der Waals surface area (Å²) < 4.78 is 1.31. The van der Waals surface area contributed by atoms with Gasteiger partial charge in [0.2, 0.25) is 5.91 Å². The van der Waals surface area contributed by atoms with Crippen LogP contribution in [-0.4, -0.2) is 20.4 Å². The second-order valence-corrected chi connectivity index (χ2v) is 6.14. The zero-order chi connectivity index (χ0) is 16.5. The second kappa shape index (κ2) is 5.86.